The fourth-order valence-corrected chi connectivity index (χ4v) is 1.63. The van der Waals surface area contributed by atoms with Crippen molar-refractivity contribution in [2.45, 2.75) is 6.92 Å². The molecule has 0 radical (unpaired) electrons. The largest absolute Gasteiger partial charge is 0.497 e. The van der Waals surface area contributed by atoms with Gasteiger partial charge in [-0.2, -0.15) is 0 Å². The molecular formula is C12H12BrN3O. The lowest BCUT2D eigenvalue weighted by Crippen LogP contribution is -1.99. The molecule has 1 aromatic heterocycles. The average Bonchev–Trinajstić information content (AvgIpc) is 2.35. The Bertz CT molecular complexity index is 517. The number of halogens is 1. The second-order valence-corrected chi connectivity index (χ2v) is 4.35. The Hall–Kier alpha value is -1.62. The zero-order valence-electron chi connectivity index (χ0n) is 9.57. The number of nitrogens with zero attached hydrogens (tertiary/aromatic N) is 2. The van der Waals surface area contributed by atoms with Crippen molar-refractivity contribution in [2.75, 3.05) is 12.8 Å². The number of hydrogen-bond donors (Lipinski definition) is 1. The molecule has 1 aromatic carbocycles. The third kappa shape index (κ3) is 2.39. The number of methoxy groups -OCH3 is 1. The Balaban J connectivity index is 2.45. The molecular weight excluding hydrogens is 282 g/mol. The number of aryl methyl sites for hydroxylation is 1. The van der Waals surface area contributed by atoms with Crippen molar-refractivity contribution in [3.63, 3.8) is 0 Å². The van der Waals surface area contributed by atoms with Crippen LogP contribution in [0, 0.1) is 6.92 Å². The molecule has 0 aliphatic carbocycles. The van der Waals surface area contributed by atoms with Crippen molar-refractivity contribution < 1.29 is 4.74 Å². The lowest BCUT2D eigenvalue weighted by atomic mass is 10.2. The van der Waals surface area contributed by atoms with Crippen LogP contribution in [0.25, 0.3) is 11.4 Å². The normalized spacial score (nSPS) is 10.3. The Morgan fingerprint density at radius 3 is 2.35 bits per heavy atom. The summed E-state index contributed by atoms with van der Waals surface area (Å²) in [5.74, 6) is 1.87. The van der Waals surface area contributed by atoms with Crippen LogP contribution in [-0.2, 0) is 0 Å². The molecule has 0 atom stereocenters. The van der Waals surface area contributed by atoms with Gasteiger partial charge in [0.15, 0.2) is 5.82 Å². The molecule has 0 saturated heterocycles. The summed E-state index contributed by atoms with van der Waals surface area (Å²) in [7, 11) is 1.63. The van der Waals surface area contributed by atoms with Crippen molar-refractivity contribution in [1.82, 2.24) is 9.97 Å². The van der Waals surface area contributed by atoms with Gasteiger partial charge in [-0.3, -0.25) is 0 Å². The minimum atomic E-state index is 0.448. The number of ether oxygens (including phenoxy) is 1. The Morgan fingerprint density at radius 1 is 1.18 bits per heavy atom. The van der Waals surface area contributed by atoms with Crippen molar-refractivity contribution in [2.24, 2.45) is 0 Å². The van der Waals surface area contributed by atoms with Gasteiger partial charge >= 0.3 is 0 Å². The van der Waals surface area contributed by atoms with E-state index in [1.807, 2.05) is 31.2 Å². The highest BCUT2D eigenvalue weighted by atomic mass is 79.9. The highest BCUT2D eigenvalue weighted by Gasteiger charge is 2.08. The zero-order valence-corrected chi connectivity index (χ0v) is 11.2. The van der Waals surface area contributed by atoms with Crippen molar-refractivity contribution in [1.29, 1.82) is 0 Å². The fraction of sp³-hybridized carbons (Fsp3) is 0.167. The summed E-state index contributed by atoms with van der Waals surface area (Å²) < 4.78 is 5.84. The second kappa shape index (κ2) is 4.71. The van der Waals surface area contributed by atoms with E-state index in [-0.39, 0.29) is 0 Å². The molecule has 2 N–H and O–H groups in total. The van der Waals surface area contributed by atoms with Crippen LogP contribution in [0.1, 0.15) is 5.69 Å². The van der Waals surface area contributed by atoms with Gasteiger partial charge in [0.1, 0.15) is 11.6 Å². The summed E-state index contributed by atoms with van der Waals surface area (Å²) in [6.07, 6.45) is 0. The van der Waals surface area contributed by atoms with Crippen LogP contribution in [0.3, 0.4) is 0 Å². The third-order valence-electron chi connectivity index (χ3n) is 2.39. The van der Waals surface area contributed by atoms with E-state index in [1.54, 1.807) is 7.11 Å². The summed E-state index contributed by atoms with van der Waals surface area (Å²) in [6, 6.07) is 7.54. The molecule has 0 saturated carbocycles. The Morgan fingerprint density at radius 2 is 1.82 bits per heavy atom. The fourth-order valence-electron chi connectivity index (χ4n) is 1.45. The van der Waals surface area contributed by atoms with E-state index >= 15 is 0 Å². The maximum Gasteiger partial charge on any atom is 0.161 e. The molecule has 4 nitrogen and oxygen atoms in total. The number of nitrogens with two attached hydrogens (primary N) is 1. The van der Waals surface area contributed by atoms with Gasteiger partial charge in [-0.1, -0.05) is 0 Å². The molecule has 2 aromatic rings. The molecule has 0 aliphatic heterocycles. The first-order valence-electron chi connectivity index (χ1n) is 5.06. The molecule has 0 fully saturated rings. The number of benzene rings is 1. The van der Waals surface area contributed by atoms with E-state index in [2.05, 4.69) is 25.9 Å². The monoisotopic (exact) mass is 293 g/mol. The minimum Gasteiger partial charge on any atom is -0.497 e. The average molecular weight is 294 g/mol. The molecule has 0 unspecified atom stereocenters. The topological polar surface area (TPSA) is 61.0 Å². The van der Waals surface area contributed by atoms with Gasteiger partial charge in [-0.15, -0.1) is 0 Å². The maximum absolute atomic E-state index is 5.79. The number of hydrogen-bond acceptors (Lipinski definition) is 4. The number of nitrogen functional groups attached to an aromatic ring is 1. The van der Waals surface area contributed by atoms with Crippen LogP contribution >= 0.6 is 15.9 Å². The van der Waals surface area contributed by atoms with E-state index < -0.39 is 0 Å². The molecule has 0 bridgehead atoms. The van der Waals surface area contributed by atoms with Crippen molar-refractivity contribution in [3.8, 4) is 17.1 Å². The van der Waals surface area contributed by atoms with Gasteiger partial charge in [0.05, 0.1) is 17.3 Å². The Labute approximate surface area is 108 Å². The molecule has 17 heavy (non-hydrogen) atoms. The second-order valence-electron chi connectivity index (χ2n) is 3.56. The van der Waals surface area contributed by atoms with Crippen LogP contribution in [0.2, 0.25) is 0 Å². The van der Waals surface area contributed by atoms with Crippen LogP contribution in [-0.4, -0.2) is 17.1 Å². The molecule has 88 valence electrons. The first kappa shape index (κ1) is 11.9. The molecule has 0 aliphatic rings. The van der Waals surface area contributed by atoms with Crippen LogP contribution < -0.4 is 10.5 Å². The highest BCUT2D eigenvalue weighted by molar-refractivity contribution is 9.10. The number of rotatable bonds is 2. The lowest BCUT2D eigenvalue weighted by Gasteiger charge is -2.06. The molecule has 5 heteroatoms. The van der Waals surface area contributed by atoms with Gasteiger partial charge < -0.3 is 10.5 Å². The maximum atomic E-state index is 5.79. The van der Waals surface area contributed by atoms with Crippen LogP contribution in [0.4, 0.5) is 5.82 Å². The minimum absolute atomic E-state index is 0.448. The number of aromatic nitrogens is 2. The van der Waals surface area contributed by atoms with Crippen molar-refractivity contribution in [3.05, 3.63) is 34.4 Å². The predicted octanol–water partition coefficient (Wildman–Crippen LogP) is 2.81. The van der Waals surface area contributed by atoms with E-state index in [0.29, 0.717) is 11.6 Å². The summed E-state index contributed by atoms with van der Waals surface area (Å²) in [4.78, 5) is 8.62. The first-order valence-corrected chi connectivity index (χ1v) is 5.85. The standard InChI is InChI=1S/C12H12BrN3O/c1-7-10(13)11(14)16-12(15-7)8-3-5-9(17-2)6-4-8/h3-6H,1-2H3,(H2,14,15,16). The molecule has 0 amide bonds. The van der Waals surface area contributed by atoms with Crippen LogP contribution in [0.5, 0.6) is 5.75 Å². The smallest absolute Gasteiger partial charge is 0.161 e. The Kier molecular flexibility index (Phi) is 3.28. The summed E-state index contributed by atoms with van der Waals surface area (Å²) in [5, 5.41) is 0. The summed E-state index contributed by atoms with van der Waals surface area (Å²) in [5.41, 5.74) is 7.52. The third-order valence-corrected chi connectivity index (χ3v) is 3.37. The molecule has 2 rings (SSSR count). The van der Waals surface area contributed by atoms with E-state index in [0.717, 1.165) is 21.5 Å². The number of anilines is 1. The summed E-state index contributed by atoms with van der Waals surface area (Å²) >= 11 is 3.34. The van der Waals surface area contributed by atoms with E-state index in [4.69, 9.17) is 10.5 Å². The molecule has 1 heterocycles. The lowest BCUT2D eigenvalue weighted by molar-refractivity contribution is 0.415. The van der Waals surface area contributed by atoms with Gasteiger partial charge in [-0.25, -0.2) is 9.97 Å². The highest BCUT2D eigenvalue weighted by Crippen LogP contribution is 2.25. The summed E-state index contributed by atoms with van der Waals surface area (Å²) in [6.45, 7) is 1.88. The quantitative estimate of drug-likeness (QED) is 0.925. The predicted molar refractivity (Wildman–Crippen MR) is 70.9 cm³/mol. The first-order chi connectivity index (χ1) is 8.11. The van der Waals surface area contributed by atoms with E-state index in [9.17, 15) is 0 Å². The van der Waals surface area contributed by atoms with Gasteiger partial charge in [-0.05, 0) is 47.1 Å². The van der Waals surface area contributed by atoms with Crippen LogP contribution in [0.15, 0.2) is 28.7 Å². The van der Waals surface area contributed by atoms with Gasteiger partial charge in [0.25, 0.3) is 0 Å². The van der Waals surface area contributed by atoms with Crippen molar-refractivity contribution >= 4 is 21.7 Å². The zero-order chi connectivity index (χ0) is 12.4. The molecule has 0 spiro atoms. The van der Waals surface area contributed by atoms with Gasteiger partial charge in [0.2, 0.25) is 0 Å². The van der Waals surface area contributed by atoms with Gasteiger partial charge in [0, 0.05) is 5.56 Å². The van der Waals surface area contributed by atoms with E-state index in [1.165, 1.54) is 0 Å². The SMILES string of the molecule is COc1ccc(-c2nc(C)c(Br)c(N)n2)cc1.